The van der Waals surface area contributed by atoms with Gasteiger partial charge in [0, 0.05) is 31.7 Å². The molecule has 0 bridgehead atoms. The lowest BCUT2D eigenvalue weighted by molar-refractivity contribution is -0.0894. The van der Waals surface area contributed by atoms with Gasteiger partial charge in [0.2, 0.25) is 0 Å². The van der Waals surface area contributed by atoms with Crippen molar-refractivity contribution < 1.29 is 14.3 Å². The Hall–Kier alpha value is -1.85. The number of aryl methyl sites for hydroxylation is 1. The molecule has 0 spiro atoms. The van der Waals surface area contributed by atoms with Gasteiger partial charge in [0.15, 0.2) is 0 Å². The largest absolute Gasteiger partial charge is 0.381 e. The van der Waals surface area contributed by atoms with Crippen molar-refractivity contribution in [2.24, 2.45) is 0 Å². The lowest BCUT2D eigenvalue weighted by Gasteiger charge is -2.43. The lowest BCUT2D eigenvalue weighted by atomic mass is 9.79. The molecule has 5 heteroatoms. The highest BCUT2D eigenvalue weighted by Crippen LogP contribution is 2.43. The molecule has 1 amide bonds. The molecule has 1 saturated carbocycles. The van der Waals surface area contributed by atoms with Crippen molar-refractivity contribution in [1.82, 2.24) is 9.88 Å². The van der Waals surface area contributed by atoms with Gasteiger partial charge >= 0.3 is 0 Å². The maximum Gasteiger partial charge on any atom is 0.270 e. The normalized spacial score (nSPS) is 29.2. The first-order chi connectivity index (χ1) is 12.1. The van der Waals surface area contributed by atoms with Gasteiger partial charge in [0.1, 0.15) is 5.69 Å². The summed E-state index contributed by atoms with van der Waals surface area (Å²) in [6.45, 7) is 2.76. The molecule has 1 aliphatic heterocycles. The Bertz CT molecular complexity index is 799. The summed E-state index contributed by atoms with van der Waals surface area (Å²) in [6, 6.07) is 8.15. The number of hydrogen-bond acceptors (Lipinski definition) is 3. The predicted molar refractivity (Wildman–Crippen MR) is 96.9 cm³/mol. The number of aromatic nitrogens is 1. The summed E-state index contributed by atoms with van der Waals surface area (Å²) in [5, 5.41) is 1.11. The topological polar surface area (TPSA) is 54.6 Å². The molecule has 1 N–H and O–H groups in total. The summed E-state index contributed by atoms with van der Waals surface area (Å²) in [6.07, 6.45) is 3.88. The highest BCUT2D eigenvalue weighted by molar-refractivity contribution is 6.01. The third-order valence-corrected chi connectivity index (χ3v) is 6.32. The summed E-state index contributed by atoms with van der Waals surface area (Å²) < 4.78 is 11.5. The number of benzene rings is 1. The van der Waals surface area contributed by atoms with Crippen LogP contribution in [0.1, 0.15) is 41.7 Å². The number of amides is 1. The number of aromatic amines is 1. The highest BCUT2D eigenvalue weighted by Gasteiger charge is 2.53. The van der Waals surface area contributed by atoms with Gasteiger partial charge in [0.25, 0.3) is 5.91 Å². The van der Waals surface area contributed by atoms with Crippen LogP contribution in [-0.4, -0.2) is 54.3 Å². The van der Waals surface area contributed by atoms with Gasteiger partial charge < -0.3 is 19.4 Å². The Morgan fingerprint density at radius 3 is 2.80 bits per heavy atom. The summed E-state index contributed by atoms with van der Waals surface area (Å²) in [5.74, 6) is 0.0781. The number of fused-ring (bicyclic) bond motifs is 2. The van der Waals surface area contributed by atoms with Crippen molar-refractivity contribution in [3.05, 3.63) is 35.5 Å². The predicted octanol–water partition coefficient (Wildman–Crippen LogP) is 3.27. The number of H-pyrrole nitrogens is 1. The number of hydrogen-bond donors (Lipinski definition) is 1. The number of carbonyl (C=O) groups is 1. The first-order valence-corrected chi connectivity index (χ1v) is 9.06. The Labute approximate surface area is 148 Å². The van der Waals surface area contributed by atoms with Gasteiger partial charge in [-0.05, 0) is 44.2 Å². The summed E-state index contributed by atoms with van der Waals surface area (Å²) in [4.78, 5) is 18.7. The van der Waals surface area contributed by atoms with Crippen molar-refractivity contribution in [3.63, 3.8) is 0 Å². The number of rotatable bonds is 3. The van der Waals surface area contributed by atoms with Crippen LogP contribution in [0.4, 0.5) is 0 Å². The van der Waals surface area contributed by atoms with Gasteiger partial charge in [-0.15, -0.1) is 0 Å². The van der Waals surface area contributed by atoms with Crippen LogP contribution in [-0.2, 0) is 9.47 Å². The lowest BCUT2D eigenvalue weighted by Crippen LogP contribution is -2.53. The third-order valence-electron chi connectivity index (χ3n) is 6.32. The number of ether oxygens (including phenoxy) is 2. The van der Waals surface area contributed by atoms with Crippen molar-refractivity contribution in [3.8, 4) is 0 Å². The zero-order valence-corrected chi connectivity index (χ0v) is 15.2. The quantitative estimate of drug-likeness (QED) is 0.931. The van der Waals surface area contributed by atoms with Crippen LogP contribution in [0.5, 0.6) is 0 Å². The van der Waals surface area contributed by atoms with E-state index in [1.165, 1.54) is 0 Å². The van der Waals surface area contributed by atoms with E-state index in [1.807, 2.05) is 30.0 Å². The second-order valence-electron chi connectivity index (χ2n) is 7.34. The summed E-state index contributed by atoms with van der Waals surface area (Å²) in [5.41, 5.74) is 2.52. The molecule has 2 aliphatic rings. The van der Waals surface area contributed by atoms with Crippen LogP contribution in [0.3, 0.4) is 0 Å². The molecule has 25 heavy (non-hydrogen) atoms. The minimum atomic E-state index is -0.218. The number of methoxy groups -OCH3 is 2. The standard InChI is InChI=1S/C20H26N2O3/c1-13-15-6-4-5-7-16(15)21-18(13)19(23)22-11-10-20(25-3)9-8-14(24-2)12-17(20)22/h4-7,14,17,21H,8-12H2,1-3H3/t14-,17-,20+/m0/s1. The molecule has 1 aliphatic carbocycles. The first-order valence-electron chi connectivity index (χ1n) is 9.06. The molecule has 0 radical (unpaired) electrons. The SMILES string of the molecule is CO[C@H]1CC[C@@]2(OC)CCN(C(=O)c3[nH]c4ccccc4c3C)[C@H]2C1. The third kappa shape index (κ3) is 2.49. The van der Waals surface area contributed by atoms with E-state index in [9.17, 15) is 4.79 Å². The summed E-state index contributed by atoms with van der Waals surface area (Å²) >= 11 is 0. The van der Waals surface area contributed by atoms with Gasteiger partial charge in [0.05, 0.1) is 17.7 Å². The fourth-order valence-corrected chi connectivity index (χ4v) is 4.76. The molecule has 5 nitrogen and oxygen atoms in total. The van der Waals surface area contributed by atoms with Gasteiger partial charge in [-0.25, -0.2) is 0 Å². The van der Waals surface area contributed by atoms with Crippen LogP contribution in [0.25, 0.3) is 10.9 Å². The molecule has 134 valence electrons. The van der Waals surface area contributed by atoms with Crippen LogP contribution >= 0.6 is 0 Å². The fourth-order valence-electron chi connectivity index (χ4n) is 4.76. The zero-order chi connectivity index (χ0) is 17.6. The Kier molecular flexibility index (Phi) is 4.08. The summed E-state index contributed by atoms with van der Waals surface area (Å²) in [7, 11) is 3.54. The van der Waals surface area contributed by atoms with E-state index in [0.717, 1.165) is 48.7 Å². The van der Waals surface area contributed by atoms with E-state index in [1.54, 1.807) is 14.2 Å². The van der Waals surface area contributed by atoms with Crippen LogP contribution in [0.15, 0.2) is 24.3 Å². The number of carbonyl (C=O) groups excluding carboxylic acids is 1. The molecule has 4 rings (SSSR count). The van der Waals surface area contributed by atoms with E-state index in [0.29, 0.717) is 5.69 Å². The minimum Gasteiger partial charge on any atom is -0.381 e. The highest BCUT2D eigenvalue weighted by atomic mass is 16.5. The molecule has 2 aromatic rings. The van der Waals surface area contributed by atoms with Crippen LogP contribution in [0.2, 0.25) is 0 Å². The van der Waals surface area contributed by atoms with Crippen molar-refractivity contribution in [2.45, 2.75) is 50.4 Å². The number of nitrogens with one attached hydrogen (secondary N) is 1. The second-order valence-corrected chi connectivity index (χ2v) is 7.34. The van der Waals surface area contributed by atoms with E-state index in [-0.39, 0.29) is 23.7 Å². The van der Waals surface area contributed by atoms with E-state index in [2.05, 4.69) is 11.1 Å². The van der Waals surface area contributed by atoms with Crippen molar-refractivity contribution >= 4 is 16.8 Å². The van der Waals surface area contributed by atoms with Gasteiger partial charge in [-0.2, -0.15) is 0 Å². The molecular weight excluding hydrogens is 316 g/mol. The molecule has 0 unspecified atom stereocenters. The molecule has 1 aromatic carbocycles. The van der Waals surface area contributed by atoms with Crippen molar-refractivity contribution in [1.29, 1.82) is 0 Å². The molecule has 2 fully saturated rings. The molecule has 2 heterocycles. The van der Waals surface area contributed by atoms with Crippen molar-refractivity contribution in [2.75, 3.05) is 20.8 Å². The van der Waals surface area contributed by atoms with Gasteiger partial charge in [-0.3, -0.25) is 4.79 Å². The molecule has 3 atom stereocenters. The average Bonchev–Trinajstić information content (AvgIpc) is 3.19. The Balaban J connectivity index is 1.68. The smallest absolute Gasteiger partial charge is 0.270 e. The van der Waals surface area contributed by atoms with Gasteiger partial charge in [-0.1, -0.05) is 18.2 Å². The van der Waals surface area contributed by atoms with E-state index in [4.69, 9.17) is 9.47 Å². The minimum absolute atomic E-state index is 0.0781. The molecule has 1 saturated heterocycles. The first kappa shape index (κ1) is 16.6. The van der Waals surface area contributed by atoms with E-state index >= 15 is 0 Å². The number of para-hydroxylation sites is 1. The number of nitrogens with zero attached hydrogens (tertiary/aromatic N) is 1. The average molecular weight is 342 g/mol. The Morgan fingerprint density at radius 2 is 2.08 bits per heavy atom. The monoisotopic (exact) mass is 342 g/mol. The van der Waals surface area contributed by atoms with Crippen LogP contribution < -0.4 is 0 Å². The second kappa shape index (κ2) is 6.15. The van der Waals surface area contributed by atoms with Crippen LogP contribution in [0, 0.1) is 6.92 Å². The fraction of sp³-hybridized carbons (Fsp3) is 0.550. The zero-order valence-electron chi connectivity index (χ0n) is 15.2. The molecule has 1 aromatic heterocycles. The Morgan fingerprint density at radius 1 is 1.28 bits per heavy atom. The maximum atomic E-state index is 13.3. The van der Waals surface area contributed by atoms with E-state index < -0.39 is 0 Å². The molecular formula is C20H26N2O3. The number of likely N-dealkylation sites (tertiary alicyclic amines) is 1. The maximum absolute atomic E-state index is 13.3.